The molecule has 3 rings (SSSR count). The molecule has 0 saturated carbocycles. The Morgan fingerprint density at radius 2 is 2.22 bits per heavy atom. The van der Waals surface area contributed by atoms with Crippen molar-refractivity contribution in [2.24, 2.45) is 0 Å². The second-order valence-electron chi connectivity index (χ2n) is 5.16. The quantitative estimate of drug-likeness (QED) is 0.911. The highest BCUT2D eigenvalue weighted by atomic mass is 32.1. The number of rotatable bonds is 3. The van der Waals surface area contributed by atoms with Gasteiger partial charge < -0.3 is 15.0 Å². The van der Waals surface area contributed by atoms with Crippen molar-refractivity contribution in [2.45, 2.75) is 37.8 Å². The zero-order chi connectivity index (χ0) is 12.4. The van der Waals surface area contributed by atoms with Crippen LogP contribution in [0.2, 0.25) is 0 Å². The highest BCUT2D eigenvalue weighted by Crippen LogP contribution is 2.30. The zero-order valence-corrected chi connectivity index (χ0v) is 11.7. The lowest BCUT2D eigenvalue weighted by Crippen LogP contribution is -2.29. The van der Waals surface area contributed by atoms with Gasteiger partial charge in [-0.2, -0.15) is 0 Å². The second-order valence-corrected chi connectivity index (χ2v) is 5.99. The number of nitrogens with zero attached hydrogens (tertiary/aromatic N) is 2. The first kappa shape index (κ1) is 12.4. The van der Waals surface area contributed by atoms with E-state index in [1.165, 1.54) is 43.2 Å². The van der Waals surface area contributed by atoms with Crippen LogP contribution in [-0.2, 0) is 4.74 Å². The largest absolute Gasteiger partial charge is 0.380 e. The first-order chi connectivity index (χ1) is 8.86. The molecular weight excluding hydrogens is 246 g/mol. The minimum Gasteiger partial charge on any atom is -0.380 e. The van der Waals surface area contributed by atoms with Crippen molar-refractivity contribution < 1.29 is 4.74 Å². The Morgan fingerprint density at radius 3 is 2.94 bits per heavy atom. The van der Waals surface area contributed by atoms with E-state index in [0.29, 0.717) is 12.1 Å². The number of anilines is 1. The average Bonchev–Trinajstić information content (AvgIpc) is 3.08. The smallest absolute Gasteiger partial charge is 0.185 e. The van der Waals surface area contributed by atoms with E-state index < -0.39 is 0 Å². The normalized spacial score (nSPS) is 28.8. The third kappa shape index (κ3) is 2.53. The number of nitrogens with one attached hydrogen (secondary N) is 1. The van der Waals surface area contributed by atoms with Crippen LogP contribution in [0.1, 0.15) is 37.4 Å². The van der Waals surface area contributed by atoms with Crippen LogP contribution in [0.25, 0.3) is 0 Å². The lowest BCUT2D eigenvalue weighted by molar-refractivity contribution is 0.117. The molecule has 1 aromatic heterocycles. The Hall–Kier alpha value is -0.650. The summed E-state index contributed by atoms with van der Waals surface area (Å²) in [5, 5.41) is 6.90. The minimum absolute atomic E-state index is 0.343. The van der Waals surface area contributed by atoms with Gasteiger partial charge >= 0.3 is 0 Å². The predicted octanol–water partition coefficient (Wildman–Crippen LogP) is 2.18. The Morgan fingerprint density at radius 1 is 1.39 bits per heavy atom. The summed E-state index contributed by atoms with van der Waals surface area (Å²) in [4.78, 5) is 7.24. The topological polar surface area (TPSA) is 37.4 Å². The molecule has 3 heterocycles. The minimum atomic E-state index is 0.343. The molecule has 2 fully saturated rings. The fourth-order valence-corrected chi connectivity index (χ4v) is 3.71. The molecule has 1 aromatic rings. The third-order valence-electron chi connectivity index (χ3n) is 3.92. The first-order valence-electron chi connectivity index (χ1n) is 6.83. The van der Waals surface area contributed by atoms with E-state index >= 15 is 0 Å². The summed E-state index contributed by atoms with van der Waals surface area (Å²) >= 11 is 1.79. The standard InChI is InChI=1S/C13H21N3OS/c1-17-10-7-11(14-8-10)12-9-18-13(15-12)16-5-3-2-4-6-16/h9-11,14H,2-8H2,1H3. The monoisotopic (exact) mass is 267 g/mol. The van der Waals surface area contributed by atoms with Gasteiger partial charge in [0.15, 0.2) is 5.13 Å². The summed E-state index contributed by atoms with van der Waals surface area (Å²) in [5.74, 6) is 0. The predicted molar refractivity (Wildman–Crippen MR) is 74.3 cm³/mol. The van der Waals surface area contributed by atoms with Gasteiger partial charge in [-0.15, -0.1) is 11.3 Å². The summed E-state index contributed by atoms with van der Waals surface area (Å²) in [6, 6.07) is 0.379. The first-order valence-corrected chi connectivity index (χ1v) is 7.71. The van der Waals surface area contributed by atoms with Crippen LogP contribution in [0.5, 0.6) is 0 Å². The average molecular weight is 267 g/mol. The molecule has 2 saturated heterocycles. The molecule has 0 spiro atoms. The highest BCUT2D eigenvalue weighted by molar-refractivity contribution is 7.13. The van der Waals surface area contributed by atoms with Gasteiger partial charge in [0, 0.05) is 32.1 Å². The van der Waals surface area contributed by atoms with Crippen molar-refractivity contribution >= 4 is 16.5 Å². The van der Waals surface area contributed by atoms with Crippen molar-refractivity contribution in [3.8, 4) is 0 Å². The molecule has 5 heteroatoms. The van der Waals surface area contributed by atoms with E-state index in [-0.39, 0.29) is 0 Å². The fourth-order valence-electron chi connectivity index (χ4n) is 2.77. The lowest BCUT2D eigenvalue weighted by atomic mass is 10.1. The maximum Gasteiger partial charge on any atom is 0.185 e. The van der Waals surface area contributed by atoms with E-state index in [1.54, 1.807) is 18.4 Å². The summed E-state index contributed by atoms with van der Waals surface area (Å²) in [5.41, 5.74) is 1.19. The van der Waals surface area contributed by atoms with E-state index in [0.717, 1.165) is 13.0 Å². The number of hydrogen-bond acceptors (Lipinski definition) is 5. The molecule has 0 aliphatic carbocycles. The van der Waals surface area contributed by atoms with Crippen molar-refractivity contribution in [2.75, 3.05) is 31.6 Å². The molecule has 0 aromatic carbocycles. The van der Waals surface area contributed by atoms with E-state index in [4.69, 9.17) is 9.72 Å². The van der Waals surface area contributed by atoms with Gasteiger partial charge in [-0.3, -0.25) is 0 Å². The highest BCUT2D eigenvalue weighted by Gasteiger charge is 2.27. The molecule has 1 N–H and O–H groups in total. The number of hydrogen-bond donors (Lipinski definition) is 1. The summed E-state index contributed by atoms with van der Waals surface area (Å²) < 4.78 is 5.39. The second kappa shape index (κ2) is 5.55. The molecule has 2 atom stereocenters. The van der Waals surface area contributed by atoms with Crippen molar-refractivity contribution in [1.29, 1.82) is 0 Å². The van der Waals surface area contributed by atoms with Crippen LogP contribution in [0.3, 0.4) is 0 Å². The molecule has 0 amide bonds. The van der Waals surface area contributed by atoms with E-state index in [1.807, 2.05) is 0 Å². The van der Waals surface area contributed by atoms with Gasteiger partial charge in [-0.05, 0) is 25.7 Å². The van der Waals surface area contributed by atoms with E-state index in [2.05, 4.69) is 15.6 Å². The Balaban J connectivity index is 1.66. The van der Waals surface area contributed by atoms with Crippen LogP contribution >= 0.6 is 11.3 Å². The summed E-state index contributed by atoms with van der Waals surface area (Å²) in [7, 11) is 1.79. The Labute approximate surface area is 112 Å². The number of thiazole rings is 1. The molecule has 100 valence electrons. The van der Waals surface area contributed by atoms with Gasteiger partial charge in [-0.1, -0.05) is 0 Å². The number of ether oxygens (including phenoxy) is 1. The maximum absolute atomic E-state index is 5.39. The molecule has 2 unspecified atom stereocenters. The maximum atomic E-state index is 5.39. The third-order valence-corrected chi connectivity index (χ3v) is 4.84. The van der Waals surface area contributed by atoms with Crippen LogP contribution in [0, 0.1) is 0 Å². The Bertz CT molecular complexity index is 389. The van der Waals surface area contributed by atoms with Crippen LogP contribution in [0.4, 0.5) is 5.13 Å². The van der Waals surface area contributed by atoms with Gasteiger partial charge in [0.1, 0.15) is 0 Å². The van der Waals surface area contributed by atoms with Gasteiger partial charge in [0.25, 0.3) is 0 Å². The number of methoxy groups -OCH3 is 1. The van der Waals surface area contributed by atoms with Crippen molar-refractivity contribution in [3.05, 3.63) is 11.1 Å². The van der Waals surface area contributed by atoms with Crippen LogP contribution in [0.15, 0.2) is 5.38 Å². The van der Waals surface area contributed by atoms with Crippen molar-refractivity contribution in [1.82, 2.24) is 10.3 Å². The molecule has 2 aliphatic heterocycles. The molecule has 0 radical (unpaired) electrons. The molecule has 2 aliphatic rings. The van der Waals surface area contributed by atoms with Gasteiger partial charge in [0.2, 0.25) is 0 Å². The zero-order valence-electron chi connectivity index (χ0n) is 10.9. The summed E-state index contributed by atoms with van der Waals surface area (Å²) in [6.07, 6.45) is 5.37. The van der Waals surface area contributed by atoms with Gasteiger partial charge in [0.05, 0.1) is 17.8 Å². The van der Waals surface area contributed by atoms with Crippen LogP contribution < -0.4 is 10.2 Å². The van der Waals surface area contributed by atoms with Crippen LogP contribution in [-0.4, -0.2) is 37.8 Å². The van der Waals surface area contributed by atoms with E-state index in [9.17, 15) is 0 Å². The molecule has 0 bridgehead atoms. The molecular formula is C13H21N3OS. The van der Waals surface area contributed by atoms with Crippen molar-refractivity contribution in [3.63, 3.8) is 0 Å². The Kier molecular flexibility index (Phi) is 3.82. The molecule has 4 nitrogen and oxygen atoms in total. The van der Waals surface area contributed by atoms with Gasteiger partial charge in [-0.25, -0.2) is 4.98 Å². The SMILES string of the molecule is COC1CNC(c2csc(N3CCCCC3)n2)C1. The fraction of sp³-hybridized carbons (Fsp3) is 0.769. The number of aromatic nitrogens is 1. The number of piperidine rings is 1. The molecule has 18 heavy (non-hydrogen) atoms. The lowest BCUT2D eigenvalue weighted by Gasteiger charge is -2.25. The summed E-state index contributed by atoms with van der Waals surface area (Å²) in [6.45, 7) is 3.29.